The van der Waals surface area contributed by atoms with Crippen molar-refractivity contribution in [2.75, 3.05) is 13.2 Å². The highest BCUT2D eigenvalue weighted by Crippen LogP contribution is 2.44. The first-order valence-electron chi connectivity index (χ1n) is 7.04. The van der Waals surface area contributed by atoms with Crippen LogP contribution in [0.2, 0.25) is 0 Å². The van der Waals surface area contributed by atoms with Crippen LogP contribution in [-0.4, -0.2) is 18.8 Å². The Labute approximate surface area is 111 Å². The van der Waals surface area contributed by atoms with E-state index in [4.69, 9.17) is 10.5 Å². The quantitative estimate of drug-likeness (QED) is 0.886. The molecule has 2 nitrogen and oxygen atoms in total. The van der Waals surface area contributed by atoms with Gasteiger partial charge in [-0.3, -0.25) is 0 Å². The number of ether oxygens (including phenoxy) is 1. The average Bonchev–Trinajstić information content (AvgIpc) is 2.40. The van der Waals surface area contributed by atoms with Gasteiger partial charge >= 0.3 is 0 Å². The molecule has 1 aromatic rings. The zero-order valence-electron chi connectivity index (χ0n) is 11.6. The van der Waals surface area contributed by atoms with Gasteiger partial charge in [0.25, 0.3) is 0 Å². The molecule has 0 aliphatic carbocycles. The Hall–Kier alpha value is -0.860. The van der Waals surface area contributed by atoms with Gasteiger partial charge in [0.15, 0.2) is 0 Å². The monoisotopic (exact) mass is 247 g/mol. The SMILES string of the molecule is CC[C@]1(C)C[C@](CCN)(c2ccccc2)CCO1. The molecule has 0 saturated carbocycles. The van der Waals surface area contributed by atoms with E-state index in [0.29, 0.717) is 0 Å². The first-order chi connectivity index (χ1) is 8.64. The Kier molecular flexibility index (Phi) is 4.08. The van der Waals surface area contributed by atoms with Crippen molar-refractivity contribution < 1.29 is 4.74 Å². The fourth-order valence-corrected chi connectivity index (χ4v) is 3.25. The van der Waals surface area contributed by atoms with Crippen LogP contribution in [-0.2, 0) is 10.2 Å². The lowest BCUT2D eigenvalue weighted by Crippen LogP contribution is -2.46. The molecule has 0 amide bonds. The minimum atomic E-state index is 0.00324. The van der Waals surface area contributed by atoms with Crippen molar-refractivity contribution in [2.45, 2.75) is 50.5 Å². The zero-order chi connectivity index (χ0) is 13.1. The van der Waals surface area contributed by atoms with Crippen LogP contribution in [0, 0.1) is 0 Å². The summed E-state index contributed by atoms with van der Waals surface area (Å²) in [4.78, 5) is 0. The molecule has 1 fully saturated rings. The van der Waals surface area contributed by atoms with Gasteiger partial charge in [-0.15, -0.1) is 0 Å². The molecule has 0 radical (unpaired) electrons. The number of benzene rings is 1. The van der Waals surface area contributed by atoms with Crippen molar-refractivity contribution in [3.05, 3.63) is 35.9 Å². The standard InChI is InChI=1S/C16H25NO/c1-3-15(2)13-16(9-11-17,10-12-18-15)14-7-5-4-6-8-14/h4-8H,3,9-13,17H2,1-2H3/t15-,16-/m1/s1. The minimum absolute atomic E-state index is 0.00324. The predicted octanol–water partition coefficient (Wildman–Crippen LogP) is 3.25. The van der Waals surface area contributed by atoms with Gasteiger partial charge in [0, 0.05) is 12.0 Å². The van der Waals surface area contributed by atoms with E-state index in [1.54, 1.807) is 0 Å². The highest BCUT2D eigenvalue weighted by molar-refractivity contribution is 5.27. The fourth-order valence-electron chi connectivity index (χ4n) is 3.25. The number of hydrogen-bond donors (Lipinski definition) is 1. The summed E-state index contributed by atoms with van der Waals surface area (Å²) >= 11 is 0. The second-order valence-electron chi connectivity index (χ2n) is 5.76. The molecule has 1 saturated heterocycles. The van der Waals surface area contributed by atoms with Crippen LogP contribution in [0.3, 0.4) is 0 Å². The zero-order valence-corrected chi connectivity index (χ0v) is 11.6. The van der Waals surface area contributed by atoms with E-state index >= 15 is 0 Å². The summed E-state index contributed by atoms with van der Waals surface area (Å²) in [6.45, 7) is 6.04. The summed E-state index contributed by atoms with van der Waals surface area (Å²) in [5, 5.41) is 0. The van der Waals surface area contributed by atoms with Gasteiger partial charge in [0.05, 0.1) is 5.60 Å². The molecule has 2 rings (SSSR count). The maximum Gasteiger partial charge on any atom is 0.0660 e. The highest BCUT2D eigenvalue weighted by Gasteiger charge is 2.42. The number of rotatable bonds is 4. The minimum Gasteiger partial charge on any atom is -0.375 e. The molecule has 2 atom stereocenters. The first kappa shape index (κ1) is 13.6. The summed E-state index contributed by atoms with van der Waals surface area (Å²) < 4.78 is 6.00. The van der Waals surface area contributed by atoms with Gasteiger partial charge in [0.2, 0.25) is 0 Å². The Bertz CT molecular complexity index is 374. The van der Waals surface area contributed by atoms with Crippen molar-refractivity contribution >= 4 is 0 Å². The summed E-state index contributed by atoms with van der Waals surface area (Å²) in [6, 6.07) is 10.8. The molecule has 2 heteroatoms. The third kappa shape index (κ3) is 2.60. The lowest BCUT2D eigenvalue weighted by Gasteiger charge is -2.46. The Morgan fingerprint density at radius 2 is 2.00 bits per heavy atom. The van der Waals surface area contributed by atoms with E-state index in [2.05, 4.69) is 44.2 Å². The predicted molar refractivity (Wildman–Crippen MR) is 75.7 cm³/mol. The van der Waals surface area contributed by atoms with E-state index in [0.717, 1.165) is 38.8 Å². The number of nitrogens with two attached hydrogens (primary N) is 1. The summed E-state index contributed by atoms with van der Waals surface area (Å²) in [6.07, 6.45) is 4.28. The van der Waals surface area contributed by atoms with Crippen molar-refractivity contribution in [3.63, 3.8) is 0 Å². The van der Waals surface area contributed by atoms with Crippen molar-refractivity contribution in [2.24, 2.45) is 5.73 Å². The lowest BCUT2D eigenvalue weighted by atomic mass is 9.66. The van der Waals surface area contributed by atoms with Crippen molar-refractivity contribution in [1.82, 2.24) is 0 Å². The number of hydrogen-bond acceptors (Lipinski definition) is 2. The molecule has 1 aliphatic rings. The van der Waals surface area contributed by atoms with Gasteiger partial charge in [-0.05, 0) is 44.7 Å². The molecule has 18 heavy (non-hydrogen) atoms. The van der Waals surface area contributed by atoms with Crippen LogP contribution < -0.4 is 5.73 Å². The Balaban J connectivity index is 2.32. The molecule has 1 aliphatic heterocycles. The molecule has 0 unspecified atom stereocenters. The Morgan fingerprint density at radius 1 is 1.28 bits per heavy atom. The molecule has 1 heterocycles. The smallest absolute Gasteiger partial charge is 0.0660 e. The van der Waals surface area contributed by atoms with Crippen molar-refractivity contribution in [3.8, 4) is 0 Å². The first-order valence-corrected chi connectivity index (χ1v) is 7.04. The fraction of sp³-hybridized carbons (Fsp3) is 0.625. The van der Waals surface area contributed by atoms with Gasteiger partial charge in [-0.1, -0.05) is 37.3 Å². The molecule has 0 aromatic heterocycles. The highest BCUT2D eigenvalue weighted by atomic mass is 16.5. The van der Waals surface area contributed by atoms with E-state index in [1.165, 1.54) is 5.56 Å². The Morgan fingerprint density at radius 3 is 2.61 bits per heavy atom. The lowest BCUT2D eigenvalue weighted by molar-refractivity contribution is -0.0976. The second-order valence-corrected chi connectivity index (χ2v) is 5.76. The van der Waals surface area contributed by atoms with Crippen LogP contribution in [0.4, 0.5) is 0 Å². The van der Waals surface area contributed by atoms with E-state index in [1.807, 2.05) is 0 Å². The summed E-state index contributed by atoms with van der Waals surface area (Å²) in [5.41, 5.74) is 7.51. The third-order valence-corrected chi connectivity index (χ3v) is 4.50. The summed E-state index contributed by atoms with van der Waals surface area (Å²) in [5.74, 6) is 0. The molecule has 0 spiro atoms. The van der Waals surface area contributed by atoms with E-state index in [9.17, 15) is 0 Å². The third-order valence-electron chi connectivity index (χ3n) is 4.50. The maximum atomic E-state index is 6.00. The molecule has 100 valence electrons. The second kappa shape index (κ2) is 5.41. The van der Waals surface area contributed by atoms with Gasteiger partial charge in [0.1, 0.15) is 0 Å². The van der Waals surface area contributed by atoms with Gasteiger partial charge < -0.3 is 10.5 Å². The van der Waals surface area contributed by atoms with Crippen molar-refractivity contribution in [1.29, 1.82) is 0 Å². The molecule has 1 aromatic carbocycles. The van der Waals surface area contributed by atoms with Crippen LogP contribution >= 0.6 is 0 Å². The topological polar surface area (TPSA) is 35.2 Å². The van der Waals surface area contributed by atoms with Crippen LogP contribution in [0.15, 0.2) is 30.3 Å². The van der Waals surface area contributed by atoms with Gasteiger partial charge in [-0.25, -0.2) is 0 Å². The molecular weight excluding hydrogens is 222 g/mol. The van der Waals surface area contributed by atoms with Crippen LogP contribution in [0.1, 0.15) is 45.1 Å². The normalized spacial score (nSPS) is 32.4. The average molecular weight is 247 g/mol. The molecule has 2 N–H and O–H groups in total. The summed E-state index contributed by atoms with van der Waals surface area (Å²) in [7, 11) is 0. The molecule has 0 bridgehead atoms. The van der Waals surface area contributed by atoms with Gasteiger partial charge in [-0.2, -0.15) is 0 Å². The van der Waals surface area contributed by atoms with Crippen LogP contribution in [0.25, 0.3) is 0 Å². The van der Waals surface area contributed by atoms with E-state index in [-0.39, 0.29) is 11.0 Å². The molecular formula is C16H25NO. The maximum absolute atomic E-state index is 6.00. The largest absolute Gasteiger partial charge is 0.375 e. The van der Waals surface area contributed by atoms with E-state index < -0.39 is 0 Å². The van der Waals surface area contributed by atoms with Crippen LogP contribution in [0.5, 0.6) is 0 Å².